The van der Waals surface area contributed by atoms with Gasteiger partial charge in [-0.15, -0.1) is 0 Å². The molecule has 3 aromatic heterocycles. The molecule has 3 aromatic carbocycles. The Labute approximate surface area is 195 Å². The van der Waals surface area contributed by atoms with E-state index < -0.39 is 0 Å². The van der Waals surface area contributed by atoms with Crippen LogP contribution < -0.4 is 0 Å². The smallest absolute Gasteiger partial charge is 0.156 e. The average Bonchev–Trinajstić information content (AvgIpc) is 3.58. The summed E-state index contributed by atoms with van der Waals surface area (Å²) in [4.78, 5) is 4.70. The van der Waals surface area contributed by atoms with Crippen LogP contribution in [0.15, 0.2) is 95.5 Å². The molecule has 0 fully saturated rings. The molecule has 0 atom stereocenters. The fourth-order valence-electron chi connectivity index (χ4n) is 4.18. The molecule has 6 rings (SSSR count). The number of furan rings is 1. The van der Waals surface area contributed by atoms with Crippen LogP contribution in [0, 0.1) is 11.3 Å². The minimum absolute atomic E-state index is 0.448. The zero-order valence-corrected chi connectivity index (χ0v) is 18.4. The number of aryl methyl sites for hydroxylation is 1. The molecule has 0 radical (unpaired) electrons. The summed E-state index contributed by atoms with van der Waals surface area (Å²) in [5.41, 5.74) is 5.40. The predicted molar refractivity (Wildman–Crippen MR) is 133 cm³/mol. The van der Waals surface area contributed by atoms with Crippen molar-refractivity contribution in [2.24, 2.45) is 7.05 Å². The lowest BCUT2D eigenvalue weighted by atomic mass is 10.1. The van der Waals surface area contributed by atoms with E-state index in [2.05, 4.69) is 6.07 Å². The maximum Gasteiger partial charge on any atom is 0.156 e. The van der Waals surface area contributed by atoms with E-state index in [1.165, 1.54) is 0 Å². The van der Waals surface area contributed by atoms with Gasteiger partial charge in [0.05, 0.1) is 22.3 Å². The second kappa shape index (κ2) is 7.91. The Hall–Kier alpha value is -4.89. The first-order valence-corrected chi connectivity index (χ1v) is 10.9. The van der Waals surface area contributed by atoms with E-state index in [1.807, 2.05) is 109 Å². The molecule has 0 N–H and O–H groups in total. The highest BCUT2D eigenvalue weighted by Crippen LogP contribution is 2.32. The van der Waals surface area contributed by atoms with Crippen LogP contribution in [0.4, 0.5) is 0 Å². The largest absolute Gasteiger partial charge is 0.454 e. The fourth-order valence-corrected chi connectivity index (χ4v) is 4.18. The zero-order chi connectivity index (χ0) is 23.1. The van der Waals surface area contributed by atoms with E-state index >= 15 is 0 Å². The van der Waals surface area contributed by atoms with Crippen molar-refractivity contribution in [3.63, 3.8) is 0 Å². The van der Waals surface area contributed by atoms with Gasteiger partial charge in [0.25, 0.3) is 0 Å². The Bertz CT molecular complexity index is 1690. The number of hydrogen-bond donors (Lipinski definition) is 0. The van der Waals surface area contributed by atoms with Gasteiger partial charge in [-0.1, -0.05) is 48.5 Å². The standard InChI is InChI=1S/C28H19N5O/c1-32-24-13-7-6-12-23(24)30-28(32)20(17-29)15-21-18-33(22-10-3-2-4-11-22)31-27(21)26-16-19-9-5-8-14-25(19)34-26/h2-16,18H,1H3. The van der Waals surface area contributed by atoms with E-state index in [0.29, 0.717) is 22.9 Å². The molecule has 6 heteroatoms. The predicted octanol–water partition coefficient (Wildman–Crippen LogP) is 6.24. The van der Waals surface area contributed by atoms with Crippen LogP contribution >= 0.6 is 0 Å². The van der Waals surface area contributed by atoms with Gasteiger partial charge in [-0.05, 0) is 42.5 Å². The molecule has 0 unspecified atom stereocenters. The first kappa shape index (κ1) is 19.8. The molecular weight excluding hydrogens is 422 g/mol. The minimum atomic E-state index is 0.448. The van der Waals surface area contributed by atoms with Crippen molar-refractivity contribution >= 4 is 33.7 Å². The first-order chi connectivity index (χ1) is 16.7. The van der Waals surface area contributed by atoms with Gasteiger partial charge in [0.1, 0.15) is 17.3 Å². The second-order valence-corrected chi connectivity index (χ2v) is 8.01. The van der Waals surface area contributed by atoms with Gasteiger partial charge in [0.2, 0.25) is 0 Å². The Balaban J connectivity index is 1.55. The topological polar surface area (TPSA) is 72.6 Å². The van der Waals surface area contributed by atoms with Crippen LogP contribution in [-0.4, -0.2) is 19.3 Å². The molecule has 3 heterocycles. The fraction of sp³-hybridized carbons (Fsp3) is 0.0357. The molecule has 0 aliphatic heterocycles. The number of allylic oxidation sites excluding steroid dienone is 1. The van der Waals surface area contributed by atoms with Gasteiger partial charge in [-0.25, -0.2) is 9.67 Å². The van der Waals surface area contributed by atoms with Crippen LogP contribution in [-0.2, 0) is 7.05 Å². The van der Waals surface area contributed by atoms with Crippen molar-refractivity contribution in [1.82, 2.24) is 19.3 Å². The van der Waals surface area contributed by atoms with Gasteiger partial charge >= 0.3 is 0 Å². The Kier molecular flexibility index (Phi) is 4.60. The summed E-state index contributed by atoms with van der Waals surface area (Å²) in [6, 6.07) is 29.9. The molecule has 0 saturated heterocycles. The molecule has 0 aliphatic rings. The van der Waals surface area contributed by atoms with Crippen molar-refractivity contribution in [3.05, 3.63) is 103 Å². The number of benzene rings is 3. The first-order valence-electron chi connectivity index (χ1n) is 10.9. The van der Waals surface area contributed by atoms with Crippen LogP contribution in [0.1, 0.15) is 11.4 Å². The Morgan fingerprint density at radius 1 is 0.971 bits per heavy atom. The number of para-hydroxylation sites is 4. The molecule has 6 aromatic rings. The average molecular weight is 441 g/mol. The molecule has 162 valence electrons. The maximum atomic E-state index is 10.1. The van der Waals surface area contributed by atoms with E-state index in [0.717, 1.165) is 33.3 Å². The molecule has 0 saturated carbocycles. The summed E-state index contributed by atoms with van der Waals surface area (Å²) in [7, 11) is 1.92. The lowest BCUT2D eigenvalue weighted by Gasteiger charge is -2.01. The molecule has 0 amide bonds. The summed E-state index contributed by atoms with van der Waals surface area (Å²) < 4.78 is 9.87. The summed E-state index contributed by atoms with van der Waals surface area (Å²) in [5, 5.41) is 15.9. The third kappa shape index (κ3) is 3.28. The van der Waals surface area contributed by atoms with E-state index in [1.54, 1.807) is 4.68 Å². The van der Waals surface area contributed by atoms with E-state index in [4.69, 9.17) is 14.5 Å². The van der Waals surface area contributed by atoms with Crippen molar-refractivity contribution in [1.29, 1.82) is 5.26 Å². The maximum absolute atomic E-state index is 10.1. The van der Waals surface area contributed by atoms with Crippen LogP contribution in [0.5, 0.6) is 0 Å². The number of nitriles is 1. The summed E-state index contributed by atoms with van der Waals surface area (Å²) in [6.45, 7) is 0. The van der Waals surface area contributed by atoms with Gasteiger partial charge < -0.3 is 8.98 Å². The number of aromatic nitrogens is 4. The van der Waals surface area contributed by atoms with Gasteiger partial charge in [0.15, 0.2) is 11.6 Å². The summed E-state index contributed by atoms with van der Waals surface area (Å²) in [6.07, 6.45) is 3.74. The highest BCUT2D eigenvalue weighted by atomic mass is 16.3. The third-order valence-electron chi connectivity index (χ3n) is 5.87. The normalized spacial score (nSPS) is 11.8. The molecule has 0 spiro atoms. The van der Waals surface area contributed by atoms with Crippen molar-refractivity contribution in [2.75, 3.05) is 0 Å². The van der Waals surface area contributed by atoms with E-state index in [9.17, 15) is 5.26 Å². The lowest BCUT2D eigenvalue weighted by molar-refractivity contribution is 0.627. The van der Waals surface area contributed by atoms with Crippen molar-refractivity contribution in [2.45, 2.75) is 0 Å². The minimum Gasteiger partial charge on any atom is -0.454 e. The summed E-state index contributed by atoms with van der Waals surface area (Å²) in [5.74, 6) is 1.25. The van der Waals surface area contributed by atoms with E-state index in [-0.39, 0.29) is 0 Å². The number of hydrogen-bond acceptors (Lipinski definition) is 4. The molecule has 0 bridgehead atoms. The summed E-state index contributed by atoms with van der Waals surface area (Å²) >= 11 is 0. The number of fused-ring (bicyclic) bond motifs is 2. The van der Waals surface area contributed by atoms with Crippen molar-refractivity contribution in [3.8, 4) is 23.2 Å². The van der Waals surface area contributed by atoms with Crippen LogP contribution in [0.25, 0.3) is 50.8 Å². The van der Waals surface area contributed by atoms with Gasteiger partial charge in [0, 0.05) is 24.2 Å². The Morgan fingerprint density at radius 3 is 2.53 bits per heavy atom. The number of rotatable bonds is 4. The quantitative estimate of drug-likeness (QED) is 0.304. The molecular formula is C28H19N5O. The number of imidazole rings is 1. The van der Waals surface area contributed by atoms with Gasteiger partial charge in [-0.2, -0.15) is 10.4 Å². The highest BCUT2D eigenvalue weighted by molar-refractivity contribution is 5.93. The van der Waals surface area contributed by atoms with Crippen LogP contribution in [0.3, 0.4) is 0 Å². The molecule has 6 nitrogen and oxygen atoms in total. The van der Waals surface area contributed by atoms with Gasteiger partial charge in [-0.3, -0.25) is 0 Å². The SMILES string of the molecule is Cn1c(C(C#N)=Cc2cn(-c3ccccc3)nc2-c2cc3ccccc3o2)nc2ccccc21. The highest BCUT2D eigenvalue weighted by Gasteiger charge is 2.18. The second-order valence-electron chi connectivity index (χ2n) is 8.01. The molecule has 34 heavy (non-hydrogen) atoms. The zero-order valence-electron chi connectivity index (χ0n) is 18.4. The van der Waals surface area contributed by atoms with Crippen molar-refractivity contribution < 1.29 is 4.42 Å². The third-order valence-corrected chi connectivity index (χ3v) is 5.87. The Morgan fingerprint density at radius 2 is 1.74 bits per heavy atom. The number of nitrogens with zero attached hydrogens (tertiary/aromatic N) is 5. The molecule has 0 aliphatic carbocycles. The van der Waals surface area contributed by atoms with Crippen LogP contribution in [0.2, 0.25) is 0 Å². The monoisotopic (exact) mass is 441 g/mol. The lowest BCUT2D eigenvalue weighted by Crippen LogP contribution is -1.96.